The summed E-state index contributed by atoms with van der Waals surface area (Å²) < 4.78 is 15.1. The van der Waals surface area contributed by atoms with Crippen LogP contribution in [0.4, 0.5) is 11.4 Å². The third-order valence-electron chi connectivity index (χ3n) is 4.21. The molecule has 0 bridgehead atoms. The summed E-state index contributed by atoms with van der Waals surface area (Å²) >= 11 is 6.15. The van der Waals surface area contributed by atoms with Crippen molar-refractivity contribution in [1.29, 1.82) is 0 Å². The number of esters is 1. The minimum atomic E-state index is -0.702. The van der Waals surface area contributed by atoms with Crippen molar-refractivity contribution < 1.29 is 28.6 Å². The van der Waals surface area contributed by atoms with Gasteiger partial charge in [-0.1, -0.05) is 17.7 Å². The zero-order valence-corrected chi connectivity index (χ0v) is 16.6. The number of ether oxygens (including phenoxy) is 3. The van der Waals surface area contributed by atoms with Gasteiger partial charge in [0.05, 0.1) is 32.6 Å². The zero-order chi connectivity index (χ0) is 21.1. The van der Waals surface area contributed by atoms with Gasteiger partial charge in [-0.2, -0.15) is 0 Å². The number of imide groups is 1. The first-order valence-corrected chi connectivity index (χ1v) is 8.75. The molecule has 3 rings (SSSR count). The highest BCUT2D eigenvalue weighted by Crippen LogP contribution is 2.37. The highest BCUT2D eigenvalue weighted by atomic mass is 35.5. The molecule has 0 fully saturated rings. The molecular formula is C20H17ClN2O6. The first kappa shape index (κ1) is 20.2. The van der Waals surface area contributed by atoms with Gasteiger partial charge in [0.15, 0.2) is 0 Å². The second kappa shape index (κ2) is 8.24. The Bertz CT molecular complexity index is 1030. The van der Waals surface area contributed by atoms with E-state index in [9.17, 15) is 14.4 Å². The summed E-state index contributed by atoms with van der Waals surface area (Å²) in [5.74, 6) is -1.13. The van der Waals surface area contributed by atoms with E-state index in [-0.39, 0.29) is 27.7 Å². The first-order chi connectivity index (χ1) is 13.9. The highest BCUT2D eigenvalue weighted by Gasteiger charge is 2.40. The number of hydrogen-bond acceptors (Lipinski definition) is 7. The fourth-order valence-electron chi connectivity index (χ4n) is 2.79. The van der Waals surface area contributed by atoms with Gasteiger partial charge in [0.25, 0.3) is 11.8 Å². The second-order valence-electron chi connectivity index (χ2n) is 5.87. The molecule has 0 aromatic heterocycles. The van der Waals surface area contributed by atoms with Crippen molar-refractivity contribution >= 4 is 40.8 Å². The van der Waals surface area contributed by atoms with E-state index in [1.165, 1.54) is 33.5 Å². The molecule has 8 nitrogen and oxygen atoms in total. The van der Waals surface area contributed by atoms with Gasteiger partial charge >= 0.3 is 5.97 Å². The molecule has 2 aromatic rings. The molecule has 9 heteroatoms. The van der Waals surface area contributed by atoms with Gasteiger partial charge in [0, 0.05) is 11.8 Å². The van der Waals surface area contributed by atoms with Gasteiger partial charge < -0.3 is 19.5 Å². The van der Waals surface area contributed by atoms with Crippen molar-refractivity contribution in [2.45, 2.75) is 0 Å². The average Bonchev–Trinajstić information content (AvgIpc) is 2.96. The number of anilines is 2. The summed E-state index contributed by atoms with van der Waals surface area (Å²) in [6, 6.07) is 10.9. The lowest BCUT2D eigenvalue weighted by Crippen LogP contribution is -2.32. The van der Waals surface area contributed by atoms with Crippen LogP contribution in [0.3, 0.4) is 0 Å². The second-order valence-corrected chi connectivity index (χ2v) is 6.25. The normalized spacial score (nSPS) is 13.6. The molecule has 2 amide bonds. The SMILES string of the molecule is COC(=O)c1cccc(NC2=C(Cl)C(=O)N(c3ccc(OC)cc3OC)C2=O)c1. The summed E-state index contributed by atoms with van der Waals surface area (Å²) in [4.78, 5) is 38.2. The van der Waals surface area contributed by atoms with Gasteiger partial charge in [-0.25, -0.2) is 9.69 Å². The van der Waals surface area contributed by atoms with E-state index in [2.05, 4.69) is 10.1 Å². The van der Waals surface area contributed by atoms with Crippen LogP contribution in [0, 0.1) is 0 Å². The lowest BCUT2D eigenvalue weighted by atomic mass is 10.2. The lowest BCUT2D eigenvalue weighted by molar-refractivity contribution is -0.120. The molecular weight excluding hydrogens is 400 g/mol. The first-order valence-electron chi connectivity index (χ1n) is 8.37. The average molecular weight is 417 g/mol. The van der Waals surface area contributed by atoms with E-state index in [0.717, 1.165) is 4.90 Å². The molecule has 150 valence electrons. The Labute approximate surface area is 171 Å². The predicted octanol–water partition coefficient (Wildman–Crippen LogP) is 2.93. The van der Waals surface area contributed by atoms with Crippen LogP contribution in [0.5, 0.6) is 11.5 Å². The van der Waals surface area contributed by atoms with Crippen LogP contribution < -0.4 is 19.7 Å². The van der Waals surface area contributed by atoms with Gasteiger partial charge in [0.2, 0.25) is 0 Å². The summed E-state index contributed by atoms with van der Waals surface area (Å²) in [5.41, 5.74) is 0.781. The van der Waals surface area contributed by atoms with E-state index in [1.54, 1.807) is 30.3 Å². The molecule has 0 unspecified atom stereocenters. The van der Waals surface area contributed by atoms with Gasteiger partial charge in [-0.05, 0) is 30.3 Å². The maximum Gasteiger partial charge on any atom is 0.337 e. The molecule has 0 saturated heterocycles. The minimum absolute atomic E-state index is 0.114. The largest absolute Gasteiger partial charge is 0.497 e. The Balaban J connectivity index is 1.93. The summed E-state index contributed by atoms with van der Waals surface area (Å²) in [6.07, 6.45) is 0. The van der Waals surface area contributed by atoms with Crippen molar-refractivity contribution in [3.8, 4) is 11.5 Å². The van der Waals surface area contributed by atoms with E-state index < -0.39 is 17.8 Å². The number of nitrogens with one attached hydrogen (secondary N) is 1. The van der Waals surface area contributed by atoms with E-state index in [0.29, 0.717) is 11.4 Å². The van der Waals surface area contributed by atoms with Crippen LogP contribution in [0.25, 0.3) is 0 Å². The molecule has 1 heterocycles. The Morgan fingerprint density at radius 3 is 2.41 bits per heavy atom. The number of carbonyl (C=O) groups excluding carboxylic acids is 3. The smallest absolute Gasteiger partial charge is 0.337 e. The van der Waals surface area contributed by atoms with Crippen LogP contribution in [0.1, 0.15) is 10.4 Å². The van der Waals surface area contributed by atoms with Crippen LogP contribution in [-0.4, -0.2) is 39.1 Å². The van der Waals surface area contributed by atoms with Crippen LogP contribution in [0.2, 0.25) is 0 Å². The van der Waals surface area contributed by atoms with Crippen molar-refractivity contribution in [2.75, 3.05) is 31.5 Å². The maximum absolute atomic E-state index is 13.0. The van der Waals surface area contributed by atoms with Gasteiger partial charge in [-0.15, -0.1) is 0 Å². The number of carbonyl (C=O) groups is 3. The monoisotopic (exact) mass is 416 g/mol. The van der Waals surface area contributed by atoms with Crippen molar-refractivity contribution in [2.24, 2.45) is 0 Å². The summed E-state index contributed by atoms with van der Waals surface area (Å²) in [6.45, 7) is 0. The highest BCUT2D eigenvalue weighted by molar-refractivity contribution is 6.53. The summed E-state index contributed by atoms with van der Waals surface area (Å²) in [5, 5.41) is 2.53. The number of halogens is 1. The number of hydrogen-bond donors (Lipinski definition) is 1. The summed E-state index contributed by atoms with van der Waals surface area (Å²) in [7, 11) is 4.17. The quantitative estimate of drug-likeness (QED) is 0.571. The van der Waals surface area contributed by atoms with Crippen molar-refractivity contribution in [1.82, 2.24) is 0 Å². The van der Waals surface area contributed by atoms with Gasteiger partial charge in [0.1, 0.15) is 22.2 Å². The molecule has 0 aliphatic carbocycles. The fourth-order valence-corrected chi connectivity index (χ4v) is 3.00. The molecule has 1 aliphatic heterocycles. The molecule has 2 aromatic carbocycles. The molecule has 29 heavy (non-hydrogen) atoms. The van der Waals surface area contributed by atoms with Crippen LogP contribution in [0.15, 0.2) is 53.2 Å². The Morgan fingerprint density at radius 2 is 1.76 bits per heavy atom. The Hall–Kier alpha value is -3.52. The van der Waals surface area contributed by atoms with E-state index in [4.69, 9.17) is 21.1 Å². The number of benzene rings is 2. The van der Waals surface area contributed by atoms with E-state index in [1.807, 2.05) is 0 Å². The fraction of sp³-hybridized carbons (Fsp3) is 0.150. The zero-order valence-electron chi connectivity index (χ0n) is 15.8. The minimum Gasteiger partial charge on any atom is -0.497 e. The number of nitrogens with zero attached hydrogens (tertiary/aromatic N) is 1. The van der Waals surface area contributed by atoms with Crippen LogP contribution in [-0.2, 0) is 14.3 Å². The molecule has 0 radical (unpaired) electrons. The van der Waals surface area contributed by atoms with Crippen molar-refractivity contribution in [3.05, 3.63) is 58.8 Å². The lowest BCUT2D eigenvalue weighted by Gasteiger charge is -2.18. The number of methoxy groups -OCH3 is 3. The Morgan fingerprint density at radius 1 is 1.00 bits per heavy atom. The number of amides is 2. The predicted molar refractivity (Wildman–Crippen MR) is 106 cm³/mol. The Kier molecular flexibility index (Phi) is 5.74. The topological polar surface area (TPSA) is 94.2 Å². The molecule has 0 spiro atoms. The maximum atomic E-state index is 13.0. The van der Waals surface area contributed by atoms with Crippen LogP contribution >= 0.6 is 11.6 Å². The molecule has 0 atom stereocenters. The number of rotatable bonds is 6. The molecule has 1 N–H and O–H groups in total. The third kappa shape index (κ3) is 3.74. The van der Waals surface area contributed by atoms with E-state index >= 15 is 0 Å². The molecule has 0 saturated carbocycles. The third-order valence-corrected chi connectivity index (χ3v) is 4.56. The van der Waals surface area contributed by atoms with Crippen molar-refractivity contribution in [3.63, 3.8) is 0 Å². The standard InChI is InChI=1S/C20H17ClN2O6/c1-27-13-7-8-14(15(10-13)28-2)23-18(24)16(21)17(19(23)25)22-12-6-4-5-11(9-12)20(26)29-3/h4-10,22H,1-3H3. The van der Waals surface area contributed by atoms with Gasteiger partial charge in [-0.3, -0.25) is 9.59 Å². The molecule has 1 aliphatic rings.